The Kier molecular flexibility index (Phi) is 4.48. The van der Waals surface area contributed by atoms with Gasteiger partial charge in [0.2, 0.25) is 0 Å². The summed E-state index contributed by atoms with van der Waals surface area (Å²) in [6, 6.07) is 0. The molecular formula is C11H22. The first kappa shape index (κ1) is 10.7. The van der Waals surface area contributed by atoms with Crippen molar-refractivity contribution in [1.29, 1.82) is 0 Å². The van der Waals surface area contributed by atoms with Crippen molar-refractivity contribution in [2.75, 3.05) is 0 Å². The van der Waals surface area contributed by atoms with Crippen molar-refractivity contribution < 1.29 is 0 Å². The molecule has 0 heteroatoms. The van der Waals surface area contributed by atoms with Gasteiger partial charge in [0.15, 0.2) is 0 Å². The van der Waals surface area contributed by atoms with E-state index in [0.717, 1.165) is 11.8 Å². The molecule has 0 saturated carbocycles. The Labute approximate surface area is 71.7 Å². The van der Waals surface area contributed by atoms with Gasteiger partial charge in [-0.15, -0.1) is 0 Å². The van der Waals surface area contributed by atoms with Crippen LogP contribution in [0.4, 0.5) is 0 Å². The fourth-order valence-corrected chi connectivity index (χ4v) is 1.31. The smallest absolute Gasteiger partial charge is 0.0209 e. The van der Waals surface area contributed by atoms with E-state index in [1.165, 1.54) is 12.0 Å². The van der Waals surface area contributed by atoms with Crippen LogP contribution in [-0.4, -0.2) is 0 Å². The van der Waals surface area contributed by atoms with Crippen LogP contribution in [0.2, 0.25) is 0 Å². The summed E-state index contributed by atoms with van der Waals surface area (Å²) in [5.41, 5.74) is 1.32. The maximum atomic E-state index is 3.99. The maximum absolute atomic E-state index is 3.99. The molecule has 3 atom stereocenters. The van der Waals surface area contributed by atoms with Crippen molar-refractivity contribution in [2.45, 2.75) is 41.0 Å². The normalized spacial score (nSPS) is 19.0. The molecular weight excluding hydrogens is 132 g/mol. The zero-order valence-electron chi connectivity index (χ0n) is 8.65. The predicted octanol–water partition coefficient (Wildman–Crippen LogP) is 3.88. The van der Waals surface area contributed by atoms with Crippen LogP contribution in [0.5, 0.6) is 0 Å². The number of hydrogen-bond acceptors (Lipinski definition) is 0. The van der Waals surface area contributed by atoms with E-state index in [-0.39, 0.29) is 0 Å². The second kappa shape index (κ2) is 4.58. The van der Waals surface area contributed by atoms with Gasteiger partial charge in [0.05, 0.1) is 0 Å². The van der Waals surface area contributed by atoms with Crippen molar-refractivity contribution in [3.05, 3.63) is 12.2 Å². The lowest BCUT2D eigenvalue weighted by Gasteiger charge is -2.25. The Bertz CT molecular complexity index is 124. The zero-order chi connectivity index (χ0) is 9.02. The molecule has 0 aliphatic carbocycles. The van der Waals surface area contributed by atoms with Crippen LogP contribution in [0.15, 0.2) is 12.2 Å². The Hall–Kier alpha value is -0.260. The van der Waals surface area contributed by atoms with Crippen LogP contribution in [0.3, 0.4) is 0 Å². The van der Waals surface area contributed by atoms with Crippen LogP contribution in [0.1, 0.15) is 41.0 Å². The fourth-order valence-electron chi connectivity index (χ4n) is 1.31. The summed E-state index contributed by atoms with van der Waals surface area (Å²) in [5, 5.41) is 0. The van der Waals surface area contributed by atoms with E-state index in [1.54, 1.807) is 0 Å². The average molecular weight is 154 g/mol. The highest BCUT2D eigenvalue weighted by molar-refractivity contribution is 4.96. The second-order valence-corrected chi connectivity index (χ2v) is 3.88. The van der Waals surface area contributed by atoms with Gasteiger partial charge < -0.3 is 0 Å². The number of hydrogen-bond donors (Lipinski definition) is 0. The topological polar surface area (TPSA) is 0 Å². The maximum Gasteiger partial charge on any atom is -0.0209 e. The molecule has 0 saturated heterocycles. The molecule has 0 amide bonds. The van der Waals surface area contributed by atoms with Crippen molar-refractivity contribution in [2.24, 2.45) is 17.8 Å². The highest BCUT2D eigenvalue weighted by Gasteiger charge is 2.17. The highest BCUT2D eigenvalue weighted by Crippen LogP contribution is 2.26. The lowest BCUT2D eigenvalue weighted by molar-refractivity contribution is 0.302. The van der Waals surface area contributed by atoms with Gasteiger partial charge in [-0.2, -0.15) is 0 Å². The lowest BCUT2D eigenvalue weighted by atomic mass is 9.81. The van der Waals surface area contributed by atoms with Gasteiger partial charge in [-0.1, -0.05) is 46.3 Å². The van der Waals surface area contributed by atoms with E-state index in [9.17, 15) is 0 Å². The summed E-state index contributed by atoms with van der Waals surface area (Å²) in [7, 11) is 0. The first-order valence-corrected chi connectivity index (χ1v) is 4.66. The largest absolute Gasteiger partial charge is 0.0999 e. The quantitative estimate of drug-likeness (QED) is 0.539. The number of allylic oxidation sites excluding steroid dienone is 1. The molecule has 0 radical (unpaired) electrons. The second-order valence-electron chi connectivity index (χ2n) is 3.88. The molecule has 0 aromatic heterocycles. The van der Waals surface area contributed by atoms with Crippen LogP contribution in [0, 0.1) is 17.8 Å². The summed E-state index contributed by atoms with van der Waals surface area (Å²) in [4.78, 5) is 0. The molecule has 0 rings (SSSR count). The molecule has 11 heavy (non-hydrogen) atoms. The molecule has 0 nitrogen and oxygen atoms in total. The van der Waals surface area contributed by atoms with Crippen molar-refractivity contribution in [3.8, 4) is 0 Å². The molecule has 0 spiro atoms. The third-order valence-electron chi connectivity index (χ3n) is 3.11. The minimum Gasteiger partial charge on any atom is -0.0999 e. The fraction of sp³-hybridized carbons (Fsp3) is 0.818. The molecule has 0 N–H and O–H groups in total. The molecule has 0 bridgehead atoms. The Morgan fingerprint density at radius 2 is 1.73 bits per heavy atom. The summed E-state index contributed by atoms with van der Waals surface area (Å²) in [6.07, 6.45) is 1.28. The summed E-state index contributed by atoms with van der Waals surface area (Å²) < 4.78 is 0. The first-order chi connectivity index (χ1) is 5.00. The SMILES string of the molecule is C=C(C)C(C)C(C)C(C)CC. The standard InChI is InChI=1S/C11H22/c1-7-9(4)11(6)10(5)8(2)3/h9-11H,2,7H2,1,3-6H3. The predicted molar refractivity (Wildman–Crippen MR) is 52.6 cm³/mol. The number of rotatable bonds is 4. The van der Waals surface area contributed by atoms with Gasteiger partial charge in [-0.3, -0.25) is 0 Å². The van der Waals surface area contributed by atoms with Crippen molar-refractivity contribution in [1.82, 2.24) is 0 Å². The van der Waals surface area contributed by atoms with E-state index in [4.69, 9.17) is 0 Å². The van der Waals surface area contributed by atoms with Gasteiger partial charge in [0.25, 0.3) is 0 Å². The zero-order valence-corrected chi connectivity index (χ0v) is 8.65. The van der Waals surface area contributed by atoms with E-state index in [1.807, 2.05) is 0 Å². The summed E-state index contributed by atoms with van der Waals surface area (Å²) in [6.45, 7) is 15.3. The van der Waals surface area contributed by atoms with Crippen molar-refractivity contribution in [3.63, 3.8) is 0 Å². The minimum absolute atomic E-state index is 0.671. The van der Waals surface area contributed by atoms with Gasteiger partial charge in [0.1, 0.15) is 0 Å². The monoisotopic (exact) mass is 154 g/mol. The third-order valence-corrected chi connectivity index (χ3v) is 3.11. The van der Waals surface area contributed by atoms with Crippen LogP contribution in [0.25, 0.3) is 0 Å². The molecule has 0 aromatic carbocycles. The summed E-state index contributed by atoms with van der Waals surface area (Å²) in [5.74, 6) is 2.27. The summed E-state index contributed by atoms with van der Waals surface area (Å²) >= 11 is 0. The van der Waals surface area contributed by atoms with Crippen LogP contribution >= 0.6 is 0 Å². The van der Waals surface area contributed by atoms with E-state index in [0.29, 0.717) is 5.92 Å². The first-order valence-electron chi connectivity index (χ1n) is 4.66. The Morgan fingerprint density at radius 3 is 2.00 bits per heavy atom. The minimum atomic E-state index is 0.671. The van der Waals surface area contributed by atoms with Gasteiger partial charge >= 0.3 is 0 Å². The Morgan fingerprint density at radius 1 is 1.27 bits per heavy atom. The van der Waals surface area contributed by atoms with Crippen LogP contribution < -0.4 is 0 Å². The average Bonchev–Trinajstić information content (AvgIpc) is 2.00. The van der Waals surface area contributed by atoms with Gasteiger partial charge in [0, 0.05) is 0 Å². The molecule has 3 unspecified atom stereocenters. The molecule has 66 valence electrons. The molecule has 0 fully saturated rings. The molecule has 0 heterocycles. The van der Waals surface area contributed by atoms with Crippen molar-refractivity contribution >= 4 is 0 Å². The van der Waals surface area contributed by atoms with E-state index >= 15 is 0 Å². The highest BCUT2D eigenvalue weighted by atomic mass is 14.2. The van der Waals surface area contributed by atoms with E-state index < -0.39 is 0 Å². The van der Waals surface area contributed by atoms with Crippen LogP contribution in [-0.2, 0) is 0 Å². The molecule has 0 aliphatic heterocycles. The van der Waals surface area contributed by atoms with E-state index in [2.05, 4.69) is 41.2 Å². The lowest BCUT2D eigenvalue weighted by Crippen LogP contribution is -2.16. The van der Waals surface area contributed by atoms with Gasteiger partial charge in [-0.25, -0.2) is 0 Å². The van der Waals surface area contributed by atoms with Gasteiger partial charge in [-0.05, 0) is 24.7 Å². The third kappa shape index (κ3) is 3.09. The Balaban J connectivity index is 4.00. The molecule has 0 aliphatic rings. The molecule has 0 aromatic rings.